The Morgan fingerprint density at radius 1 is 1.10 bits per heavy atom. The zero-order valence-electron chi connectivity index (χ0n) is 11.8. The highest BCUT2D eigenvalue weighted by atomic mass is 16.5. The van der Waals surface area contributed by atoms with Crippen LogP contribution >= 0.6 is 0 Å². The molecular weight excluding hydrogens is 266 g/mol. The summed E-state index contributed by atoms with van der Waals surface area (Å²) in [5, 5.41) is 19.3. The van der Waals surface area contributed by atoms with Crippen LogP contribution in [0, 0.1) is 0 Å². The zero-order chi connectivity index (χ0) is 14.8. The lowest BCUT2D eigenvalue weighted by molar-refractivity contribution is 0.403. The number of aromatic hydroxyl groups is 2. The average Bonchev–Trinajstić information content (AvgIpc) is 2.50. The van der Waals surface area contributed by atoms with E-state index in [4.69, 9.17) is 4.74 Å². The third-order valence-corrected chi connectivity index (χ3v) is 3.73. The molecule has 0 radical (unpaired) electrons. The second-order valence-electron chi connectivity index (χ2n) is 5.10. The fourth-order valence-electron chi connectivity index (χ4n) is 2.58. The number of rotatable bonds is 3. The smallest absolute Gasteiger partial charge is 0.158 e. The molecule has 3 rings (SSSR count). The van der Waals surface area contributed by atoms with Crippen molar-refractivity contribution >= 4 is 5.71 Å². The van der Waals surface area contributed by atoms with Crippen molar-refractivity contribution in [3.63, 3.8) is 0 Å². The van der Waals surface area contributed by atoms with Crippen molar-refractivity contribution in [2.75, 3.05) is 13.7 Å². The maximum Gasteiger partial charge on any atom is 0.158 e. The number of ether oxygens (including phenoxy) is 1. The molecule has 21 heavy (non-hydrogen) atoms. The number of phenols is 2. The molecule has 0 spiro atoms. The summed E-state index contributed by atoms with van der Waals surface area (Å²) in [4.78, 5) is 4.57. The van der Waals surface area contributed by atoms with E-state index in [1.54, 1.807) is 19.2 Å². The predicted octanol–water partition coefficient (Wildman–Crippen LogP) is 2.69. The molecule has 2 aromatic rings. The van der Waals surface area contributed by atoms with Gasteiger partial charge in [-0.2, -0.15) is 0 Å². The van der Waals surface area contributed by atoms with Crippen molar-refractivity contribution < 1.29 is 14.9 Å². The van der Waals surface area contributed by atoms with Gasteiger partial charge in [0.1, 0.15) is 5.75 Å². The first kappa shape index (κ1) is 13.5. The van der Waals surface area contributed by atoms with Crippen LogP contribution in [0.15, 0.2) is 41.4 Å². The van der Waals surface area contributed by atoms with E-state index in [0.29, 0.717) is 13.0 Å². The monoisotopic (exact) mass is 283 g/mol. The van der Waals surface area contributed by atoms with Crippen LogP contribution in [-0.2, 0) is 12.8 Å². The number of methoxy groups -OCH3 is 1. The molecule has 0 amide bonds. The summed E-state index contributed by atoms with van der Waals surface area (Å²) in [6.45, 7) is 0.711. The van der Waals surface area contributed by atoms with Crippen LogP contribution in [0.3, 0.4) is 0 Å². The summed E-state index contributed by atoms with van der Waals surface area (Å²) >= 11 is 0. The number of aliphatic imine (C=N–C) groups is 1. The lowest BCUT2D eigenvalue weighted by Gasteiger charge is -2.18. The van der Waals surface area contributed by atoms with Gasteiger partial charge in [-0.05, 0) is 41.8 Å². The molecule has 0 bridgehead atoms. The van der Waals surface area contributed by atoms with Crippen molar-refractivity contribution in [3.8, 4) is 17.2 Å². The highest BCUT2D eigenvalue weighted by molar-refractivity contribution is 6.04. The molecule has 1 heterocycles. The highest BCUT2D eigenvalue weighted by Crippen LogP contribution is 2.31. The Balaban J connectivity index is 1.90. The van der Waals surface area contributed by atoms with Crippen LogP contribution < -0.4 is 4.74 Å². The minimum Gasteiger partial charge on any atom is -0.504 e. The Morgan fingerprint density at radius 3 is 2.52 bits per heavy atom. The molecule has 0 saturated heterocycles. The molecule has 0 aromatic heterocycles. The lowest BCUT2D eigenvalue weighted by Crippen LogP contribution is -2.15. The van der Waals surface area contributed by atoms with Crippen molar-refractivity contribution in [2.45, 2.75) is 12.8 Å². The number of benzene rings is 2. The molecule has 2 aromatic carbocycles. The van der Waals surface area contributed by atoms with Crippen molar-refractivity contribution in [3.05, 3.63) is 53.1 Å². The predicted molar refractivity (Wildman–Crippen MR) is 81.6 cm³/mol. The van der Waals surface area contributed by atoms with Gasteiger partial charge < -0.3 is 14.9 Å². The van der Waals surface area contributed by atoms with Gasteiger partial charge in [0, 0.05) is 24.2 Å². The zero-order valence-corrected chi connectivity index (χ0v) is 11.8. The first-order valence-electron chi connectivity index (χ1n) is 6.89. The van der Waals surface area contributed by atoms with Crippen LogP contribution in [0.25, 0.3) is 0 Å². The van der Waals surface area contributed by atoms with Crippen LogP contribution in [-0.4, -0.2) is 29.6 Å². The van der Waals surface area contributed by atoms with Crippen LogP contribution in [0.1, 0.15) is 16.7 Å². The Labute approximate surface area is 123 Å². The van der Waals surface area contributed by atoms with Gasteiger partial charge in [0.2, 0.25) is 0 Å². The Morgan fingerprint density at radius 2 is 1.81 bits per heavy atom. The van der Waals surface area contributed by atoms with E-state index in [9.17, 15) is 10.2 Å². The number of fused-ring (bicyclic) bond motifs is 1. The van der Waals surface area contributed by atoms with Crippen LogP contribution in [0.2, 0.25) is 0 Å². The van der Waals surface area contributed by atoms with E-state index in [2.05, 4.69) is 4.99 Å². The quantitative estimate of drug-likeness (QED) is 0.851. The molecule has 1 aliphatic heterocycles. The number of hydrogen-bond acceptors (Lipinski definition) is 4. The van der Waals surface area contributed by atoms with E-state index < -0.39 is 0 Å². The first-order valence-corrected chi connectivity index (χ1v) is 6.89. The van der Waals surface area contributed by atoms with Gasteiger partial charge >= 0.3 is 0 Å². The second-order valence-corrected chi connectivity index (χ2v) is 5.10. The third kappa shape index (κ3) is 2.70. The average molecular weight is 283 g/mol. The van der Waals surface area contributed by atoms with E-state index in [-0.39, 0.29) is 11.5 Å². The Hall–Kier alpha value is -2.49. The standard InChI is InChI=1S/C17H17NO3/c1-21-13-4-2-11(3-5-13)8-15-14-10-17(20)16(19)9-12(14)6-7-18-15/h2-5,9-10,19-20H,6-8H2,1H3. The van der Waals surface area contributed by atoms with E-state index in [1.807, 2.05) is 24.3 Å². The van der Waals surface area contributed by atoms with Crippen LogP contribution in [0.5, 0.6) is 17.2 Å². The molecule has 4 nitrogen and oxygen atoms in total. The number of nitrogens with zero attached hydrogens (tertiary/aromatic N) is 1. The Kier molecular flexibility index (Phi) is 3.52. The third-order valence-electron chi connectivity index (χ3n) is 3.73. The summed E-state index contributed by atoms with van der Waals surface area (Å²) in [6, 6.07) is 11.1. The van der Waals surface area contributed by atoms with Gasteiger partial charge in [-0.25, -0.2) is 0 Å². The van der Waals surface area contributed by atoms with Gasteiger partial charge in [0.25, 0.3) is 0 Å². The maximum absolute atomic E-state index is 9.71. The summed E-state index contributed by atoms with van der Waals surface area (Å²) < 4.78 is 5.15. The van der Waals surface area contributed by atoms with Crippen molar-refractivity contribution in [1.82, 2.24) is 0 Å². The second kappa shape index (κ2) is 5.48. The van der Waals surface area contributed by atoms with Gasteiger partial charge in [0.15, 0.2) is 11.5 Å². The van der Waals surface area contributed by atoms with E-state index in [1.165, 1.54) is 0 Å². The fourth-order valence-corrected chi connectivity index (χ4v) is 2.58. The maximum atomic E-state index is 9.71. The minimum atomic E-state index is -0.0990. The summed E-state index contributed by atoms with van der Waals surface area (Å²) in [7, 11) is 1.64. The molecule has 1 aliphatic rings. The number of hydrogen-bond donors (Lipinski definition) is 2. The van der Waals surface area contributed by atoms with E-state index in [0.717, 1.165) is 34.6 Å². The minimum absolute atomic E-state index is 0.0700. The fraction of sp³-hybridized carbons (Fsp3) is 0.235. The van der Waals surface area contributed by atoms with Gasteiger partial charge in [-0.3, -0.25) is 4.99 Å². The van der Waals surface area contributed by atoms with Gasteiger partial charge in [-0.15, -0.1) is 0 Å². The molecule has 2 N–H and O–H groups in total. The summed E-state index contributed by atoms with van der Waals surface area (Å²) in [5.74, 6) is 0.657. The molecule has 0 saturated carbocycles. The Bertz CT molecular complexity index is 690. The largest absolute Gasteiger partial charge is 0.504 e. The SMILES string of the molecule is COc1ccc(CC2=NCCc3cc(O)c(O)cc32)cc1. The molecule has 4 heteroatoms. The van der Waals surface area contributed by atoms with Gasteiger partial charge in [0.05, 0.1) is 7.11 Å². The highest BCUT2D eigenvalue weighted by Gasteiger charge is 2.17. The topological polar surface area (TPSA) is 62.0 Å². The van der Waals surface area contributed by atoms with Crippen LogP contribution in [0.4, 0.5) is 0 Å². The molecule has 0 aliphatic carbocycles. The molecule has 0 fully saturated rings. The molecule has 0 atom stereocenters. The summed E-state index contributed by atoms with van der Waals surface area (Å²) in [6.07, 6.45) is 1.48. The normalized spacial score (nSPS) is 13.5. The molecular formula is C17H17NO3. The number of phenolic OH excluding ortho intramolecular Hbond substituents is 2. The summed E-state index contributed by atoms with van der Waals surface area (Å²) in [5.41, 5.74) is 4.03. The lowest BCUT2D eigenvalue weighted by atomic mass is 9.93. The first-order chi connectivity index (χ1) is 10.2. The molecule has 108 valence electrons. The molecule has 0 unspecified atom stereocenters. The van der Waals surface area contributed by atoms with Crippen molar-refractivity contribution in [2.24, 2.45) is 4.99 Å². The van der Waals surface area contributed by atoms with Gasteiger partial charge in [-0.1, -0.05) is 12.1 Å². The van der Waals surface area contributed by atoms with E-state index >= 15 is 0 Å². The van der Waals surface area contributed by atoms with Crippen molar-refractivity contribution in [1.29, 1.82) is 0 Å².